The van der Waals surface area contributed by atoms with Gasteiger partial charge in [-0.15, -0.1) is 0 Å². The maximum atomic E-state index is 13.1. The zero-order valence-electron chi connectivity index (χ0n) is 23.2. The van der Waals surface area contributed by atoms with Gasteiger partial charge in [-0.2, -0.15) is 0 Å². The lowest BCUT2D eigenvalue weighted by molar-refractivity contribution is -0.126. The third-order valence-corrected chi connectivity index (χ3v) is 7.03. The van der Waals surface area contributed by atoms with E-state index in [1.807, 2.05) is 26.0 Å². The largest absolute Gasteiger partial charge is 0.378 e. The molecular formula is C31H32N6O4. The number of carbonyl (C=O) groups is 3. The second-order valence-electron chi connectivity index (χ2n) is 10.3. The molecule has 41 heavy (non-hydrogen) atoms. The zero-order valence-corrected chi connectivity index (χ0v) is 23.2. The number of rotatable bonds is 7. The maximum absolute atomic E-state index is 13.1. The highest BCUT2D eigenvalue weighted by atomic mass is 16.5. The molecule has 4 heterocycles. The van der Waals surface area contributed by atoms with Gasteiger partial charge in [0.05, 0.1) is 18.9 Å². The van der Waals surface area contributed by atoms with Gasteiger partial charge in [-0.25, -0.2) is 15.0 Å². The van der Waals surface area contributed by atoms with E-state index in [0.29, 0.717) is 38.3 Å². The Morgan fingerprint density at radius 3 is 2.24 bits per heavy atom. The summed E-state index contributed by atoms with van der Waals surface area (Å²) in [7, 11) is 0. The van der Waals surface area contributed by atoms with Gasteiger partial charge in [0.15, 0.2) is 5.78 Å². The van der Waals surface area contributed by atoms with E-state index in [1.165, 1.54) is 12.1 Å². The van der Waals surface area contributed by atoms with E-state index in [1.54, 1.807) is 35.5 Å². The number of aromatic nitrogens is 3. The number of morpholine rings is 1. The lowest BCUT2D eigenvalue weighted by Gasteiger charge is -2.29. The molecule has 10 nitrogen and oxygen atoms in total. The number of ether oxygens (including phenoxy) is 1. The lowest BCUT2D eigenvalue weighted by Crippen LogP contribution is -2.39. The SMILES string of the molecule is CC(C)=CC(=O)c1ccc(C(=O)C(=O)N2CC=C(c3cc(-c4cnc(N)nc4)nc(N4CCOCC4)c3)CC2)cc1. The topological polar surface area (TPSA) is 132 Å². The van der Waals surface area contributed by atoms with Crippen molar-refractivity contribution in [2.75, 3.05) is 50.0 Å². The number of benzene rings is 1. The van der Waals surface area contributed by atoms with E-state index in [0.717, 1.165) is 46.9 Å². The van der Waals surface area contributed by atoms with Crippen molar-refractivity contribution in [2.24, 2.45) is 0 Å². The number of hydrogen-bond acceptors (Lipinski definition) is 9. The van der Waals surface area contributed by atoms with Gasteiger partial charge in [0.25, 0.3) is 5.91 Å². The molecule has 3 aromatic rings. The van der Waals surface area contributed by atoms with Crippen LogP contribution in [-0.2, 0) is 9.53 Å². The van der Waals surface area contributed by atoms with Crippen LogP contribution in [0.5, 0.6) is 0 Å². The van der Waals surface area contributed by atoms with Crippen LogP contribution in [0, 0.1) is 0 Å². The van der Waals surface area contributed by atoms with E-state index in [9.17, 15) is 14.4 Å². The van der Waals surface area contributed by atoms with Crippen molar-refractivity contribution in [3.05, 3.63) is 83.2 Å². The molecule has 2 aliphatic rings. The molecule has 1 aromatic carbocycles. The highest BCUT2D eigenvalue weighted by Crippen LogP contribution is 2.30. The number of Topliss-reactive ketones (excluding diaryl/α,β-unsaturated/α-hetero) is 1. The third kappa shape index (κ3) is 6.55. The highest BCUT2D eigenvalue weighted by molar-refractivity contribution is 6.42. The van der Waals surface area contributed by atoms with Gasteiger partial charge in [0, 0.05) is 55.3 Å². The van der Waals surface area contributed by atoms with Crippen molar-refractivity contribution in [3.8, 4) is 11.3 Å². The number of amides is 1. The van der Waals surface area contributed by atoms with Crippen molar-refractivity contribution in [1.82, 2.24) is 19.9 Å². The Labute approximate surface area is 238 Å². The van der Waals surface area contributed by atoms with Gasteiger partial charge in [0.2, 0.25) is 11.7 Å². The Balaban J connectivity index is 1.33. The van der Waals surface area contributed by atoms with Crippen LogP contribution in [0.25, 0.3) is 16.8 Å². The second kappa shape index (κ2) is 12.2. The van der Waals surface area contributed by atoms with Gasteiger partial charge in [-0.05, 0) is 49.6 Å². The fraction of sp³-hybridized carbons (Fsp3) is 0.290. The molecule has 1 fully saturated rings. The zero-order chi connectivity index (χ0) is 28.9. The molecule has 0 saturated carbocycles. The van der Waals surface area contributed by atoms with Gasteiger partial charge >= 0.3 is 0 Å². The lowest BCUT2D eigenvalue weighted by atomic mass is 9.97. The first-order chi connectivity index (χ1) is 19.8. The normalized spacial score (nSPS) is 15.2. The number of carbonyl (C=O) groups excluding carboxylic acids is 3. The minimum absolute atomic E-state index is 0.135. The monoisotopic (exact) mass is 552 g/mol. The number of nitrogens with two attached hydrogens (primary N) is 1. The van der Waals surface area contributed by atoms with Crippen LogP contribution in [0.15, 0.2) is 66.5 Å². The Morgan fingerprint density at radius 2 is 1.61 bits per heavy atom. The minimum atomic E-state index is -0.591. The minimum Gasteiger partial charge on any atom is -0.378 e. The molecule has 210 valence electrons. The van der Waals surface area contributed by atoms with Crippen LogP contribution < -0.4 is 10.6 Å². The van der Waals surface area contributed by atoms with E-state index in [2.05, 4.69) is 20.9 Å². The Bertz CT molecular complexity index is 1520. The smallest absolute Gasteiger partial charge is 0.295 e. The van der Waals surface area contributed by atoms with Gasteiger partial charge in [-0.3, -0.25) is 14.4 Å². The Morgan fingerprint density at radius 1 is 0.927 bits per heavy atom. The quantitative estimate of drug-likeness (QED) is 0.265. The molecule has 2 N–H and O–H groups in total. The fourth-order valence-corrected chi connectivity index (χ4v) is 4.79. The van der Waals surface area contributed by atoms with Crippen molar-refractivity contribution in [3.63, 3.8) is 0 Å². The summed E-state index contributed by atoms with van der Waals surface area (Å²) in [5, 5.41) is 0. The molecule has 5 rings (SSSR count). The summed E-state index contributed by atoms with van der Waals surface area (Å²) >= 11 is 0. The van der Waals surface area contributed by atoms with Gasteiger partial charge < -0.3 is 20.3 Å². The molecule has 0 aliphatic carbocycles. The first-order valence-electron chi connectivity index (χ1n) is 13.5. The number of hydrogen-bond donors (Lipinski definition) is 1. The van der Waals surface area contributed by atoms with Crippen molar-refractivity contribution < 1.29 is 19.1 Å². The van der Waals surface area contributed by atoms with Crippen LogP contribution in [0.3, 0.4) is 0 Å². The molecule has 2 aromatic heterocycles. The summed E-state index contributed by atoms with van der Waals surface area (Å²) in [6, 6.07) is 10.3. The van der Waals surface area contributed by atoms with E-state index in [-0.39, 0.29) is 17.3 Å². The van der Waals surface area contributed by atoms with Gasteiger partial charge in [0.1, 0.15) is 5.82 Å². The maximum Gasteiger partial charge on any atom is 0.295 e. The van der Waals surface area contributed by atoms with Crippen molar-refractivity contribution >= 4 is 34.8 Å². The molecule has 1 saturated heterocycles. The summed E-state index contributed by atoms with van der Waals surface area (Å²) in [6.07, 6.45) is 7.42. The highest BCUT2D eigenvalue weighted by Gasteiger charge is 2.26. The van der Waals surface area contributed by atoms with E-state index < -0.39 is 11.7 Å². The van der Waals surface area contributed by atoms with Crippen LogP contribution >= 0.6 is 0 Å². The first-order valence-corrected chi connectivity index (χ1v) is 13.5. The molecule has 1 amide bonds. The second-order valence-corrected chi connectivity index (χ2v) is 10.3. The van der Waals surface area contributed by atoms with Crippen LogP contribution in [-0.4, -0.2) is 76.7 Å². The standard InChI is InChI=1S/C31H32N6O4/c1-20(2)15-27(38)22-3-5-23(6-4-22)29(39)30(40)37-9-7-21(8-10-37)24-16-26(25-18-33-31(32)34-19-25)35-28(17-24)36-11-13-41-14-12-36/h3-7,15-19H,8-14H2,1-2H3,(H2,32,33,34). The van der Waals surface area contributed by atoms with Crippen molar-refractivity contribution in [2.45, 2.75) is 20.3 Å². The Hall–Kier alpha value is -4.70. The molecule has 10 heteroatoms. The predicted molar refractivity (Wildman–Crippen MR) is 156 cm³/mol. The van der Waals surface area contributed by atoms with Crippen molar-refractivity contribution in [1.29, 1.82) is 0 Å². The molecule has 0 atom stereocenters. The number of ketones is 2. The third-order valence-electron chi connectivity index (χ3n) is 7.03. The van der Waals surface area contributed by atoms with E-state index >= 15 is 0 Å². The molecular weight excluding hydrogens is 520 g/mol. The average molecular weight is 553 g/mol. The number of nitrogens with zero attached hydrogens (tertiary/aromatic N) is 5. The number of anilines is 2. The average Bonchev–Trinajstić information content (AvgIpc) is 3.00. The van der Waals surface area contributed by atoms with E-state index in [4.69, 9.17) is 15.5 Å². The predicted octanol–water partition coefficient (Wildman–Crippen LogP) is 3.60. The molecule has 0 spiro atoms. The fourth-order valence-electron chi connectivity index (χ4n) is 4.79. The molecule has 0 bridgehead atoms. The summed E-state index contributed by atoms with van der Waals surface area (Å²) in [5.74, 6) is -0.261. The molecule has 0 radical (unpaired) electrons. The number of nitrogen functional groups attached to an aromatic ring is 1. The van der Waals surface area contributed by atoms with Crippen LogP contribution in [0.1, 0.15) is 46.5 Å². The summed E-state index contributed by atoms with van der Waals surface area (Å²) in [6.45, 7) is 7.15. The summed E-state index contributed by atoms with van der Waals surface area (Å²) in [4.78, 5) is 55.1. The first kappa shape index (κ1) is 27.9. The van der Waals surface area contributed by atoms with Crippen LogP contribution in [0.2, 0.25) is 0 Å². The molecule has 2 aliphatic heterocycles. The number of pyridine rings is 1. The van der Waals surface area contributed by atoms with Gasteiger partial charge in [-0.1, -0.05) is 35.9 Å². The molecule has 0 unspecified atom stereocenters. The Kier molecular flexibility index (Phi) is 8.30. The number of allylic oxidation sites excluding steroid dienone is 2. The summed E-state index contributed by atoms with van der Waals surface area (Å²) < 4.78 is 5.51. The summed E-state index contributed by atoms with van der Waals surface area (Å²) in [5.41, 5.74) is 10.8. The van der Waals surface area contributed by atoms with Crippen LogP contribution in [0.4, 0.5) is 11.8 Å².